The lowest BCUT2D eigenvalue weighted by Gasteiger charge is -2.30. The summed E-state index contributed by atoms with van der Waals surface area (Å²) >= 11 is 0. The van der Waals surface area contributed by atoms with Gasteiger partial charge in [-0.3, -0.25) is 9.59 Å². The van der Waals surface area contributed by atoms with Gasteiger partial charge in [0.1, 0.15) is 0 Å². The number of rotatable bonds is 4. The van der Waals surface area contributed by atoms with Crippen LogP contribution in [-0.2, 0) is 0 Å². The van der Waals surface area contributed by atoms with Crippen molar-refractivity contribution in [2.75, 3.05) is 6.54 Å². The molecule has 19 heavy (non-hydrogen) atoms. The summed E-state index contributed by atoms with van der Waals surface area (Å²) in [6, 6.07) is 3.39. The first-order valence-electron chi connectivity index (χ1n) is 7.07. The van der Waals surface area contributed by atoms with Gasteiger partial charge in [-0.2, -0.15) is 0 Å². The normalized spacial score (nSPS) is 15.9. The van der Waals surface area contributed by atoms with Crippen LogP contribution < -0.4 is 5.56 Å². The second-order valence-electron chi connectivity index (χ2n) is 5.73. The summed E-state index contributed by atoms with van der Waals surface area (Å²) in [5.41, 5.74) is 0.403. The molecule has 4 nitrogen and oxygen atoms in total. The number of aromatic amines is 1. The molecule has 1 aliphatic rings. The largest absolute Gasteiger partial charge is 0.335 e. The number of nitrogens with zero attached hydrogens (tertiary/aromatic N) is 1. The number of hydrogen-bond acceptors (Lipinski definition) is 2. The second-order valence-corrected chi connectivity index (χ2v) is 5.73. The Hall–Kier alpha value is -1.58. The molecule has 0 bridgehead atoms. The number of amides is 1. The molecular weight excluding hydrogens is 240 g/mol. The molecule has 1 heterocycles. The lowest BCUT2D eigenvalue weighted by atomic mass is 10.1. The predicted octanol–water partition coefficient (Wildman–Crippen LogP) is 2.42. The van der Waals surface area contributed by atoms with Gasteiger partial charge in [-0.05, 0) is 24.8 Å². The molecule has 0 unspecified atom stereocenters. The quantitative estimate of drug-likeness (QED) is 0.906. The SMILES string of the molecule is CC(C)CN(C(=O)c1ccc(=O)[nH]c1)C1CCCC1. The molecule has 104 valence electrons. The Balaban J connectivity index is 2.18. The van der Waals surface area contributed by atoms with E-state index in [4.69, 9.17) is 0 Å². The monoisotopic (exact) mass is 262 g/mol. The minimum absolute atomic E-state index is 0.0388. The van der Waals surface area contributed by atoms with Crippen molar-refractivity contribution >= 4 is 5.91 Å². The Morgan fingerprint density at radius 1 is 1.37 bits per heavy atom. The van der Waals surface area contributed by atoms with Crippen LogP contribution in [0.3, 0.4) is 0 Å². The fourth-order valence-corrected chi connectivity index (χ4v) is 2.72. The Kier molecular flexibility index (Phi) is 4.40. The van der Waals surface area contributed by atoms with E-state index in [1.54, 1.807) is 6.07 Å². The third-order valence-corrected chi connectivity index (χ3v) is 3.62. The van der Waals surface area contributed by atoms with Crippen molar-refractivity contribution in [1.29, 1.82) is 0 Å². The van der Waals surface area contributed by atoms with Crippen molar-refractivity contribution < 1.29 is 4.79 Å². The molecule has 0 radical (unpaired) electrons. The second kappa shape index (κ2) is 6.04. The maximum Gasteiger partial charge on any atom is 0.255 e. The highest BCUT2D eigenvalue weighted by Gasteiger charge is 2.27. The van der Waals surface area contributed by atoms with Crippen LogP contribution in [0.25, 0.3) is 0 Å². The smallest absolute Gasteiger partial charge is 0.255 e. The standard InChI is InChI=1S/C15H22N2O2/c1-11(2)10-17(13-5-3-4-6-13)15(19)12-7-8-14(18)16-9-12/h7-9,11,13H,3-6,10H2,1-2H3,(H,16,18). The number of carbonyl (C=O) groups excluding carboxylic acids is 1. The van der Waals surface area contributed by atoms with Gasteiger partial charge in [-0.15, -0.1) is 0 Å². The molecule has 0 atom stereocenters. The highest BCUT2D eigenvalue weighted by Crippen LogP contribution is 2.25. The number of aromatic nitrogens is 1. The van der Waals surface area contributed by atoms with Gasteiger partial charge in [0.15, 0.2) is 0 Å². The van der Waals surface area contributed by atoms with Crippen LogP contribution in [0.2, 0.25) is 0 Å². The third kappa shape index (κ3) is 3.46. The van der Waals surface area contributed by atoms with E-state index in [0.717, 1.165) is 19.4 Å². The molecule has 1 N–H and O–H groups in total. The summed E-state index contributed by atoms with van der Waals surface area (Å²) in [6.07, 6.45) is 6.13. The molecule has 4 heteroatoms. The molecule has 0 aliphatic heterocycles. The summed E-state index contributed by atoms with van der Waals surface area (Å²) < 4.78 is 0. The lowest BCUT2D eigenvalue weighted by molar-refractivity contribution is 0.0655. The Morgan fingerprint density at radius 2 is 2.05 bits per heavy atom. The molecule has 1 aliphatic carbocycles. The summed E-state index contributed by atoms with van der Waals surface area (Å²) in [7, 11) is 0. The zero-order valence-corrected chi connectivity index (χ0v) is 11.7. The van der Waals surface area contributed by atoms with E-state index >= 15 is 0 Å². The van der Waals surface area contributed by atoms with E-state index in [9.17, 15) is 9.59 Å². The fraction of sp³-hybridized carbons (Fsp3) is 0.600. The van der Waals surface area contributed by atoms with Gasteiger partial charge < -0.3 is 9.88 Å². The van der Waals surface area contributed by atoms with Gasteiger partial charge in [0.2, 0.25) is 5.56 Å². The maximum absolute atomic E-state index is 12.6. The van der Waals surface area contributed by atoms with Crippen LogP contribution in [0.4, 0.5) is 0 Å². The molecule has 2 rings (SSSR count). The lowest BCUT2D eigenvalue weighted by Crippen LogP contribution is -2.41. The van der Waals surface area contributed by atoms with E-state index in [1.165, 1.54) is 25.1 Å². The van der Waals surface area contributed by atoms with Crippen LogP contribution in [-0.4, -0.2) is 28.4 Å². The molecular formula is C15H22N2O2. The van der Waals surface area contributed by atoms with Crippen LogP contribution >= 0.6 is 0 Å². The van der Waals surface area contributed by atoms with Gasteiger partial charge in [0, 0.05) is 24.8 Å². The summed E-state index contributed by atoms with van der Waals surface area (Å²) in [5.74, 6) is 0.490. The minimum atomic E-state index is -0.173. The Labute approximate surface area is 113 Å². The van der Waals surface area contributed by atoms with Crippen LogP contribution in [0.5, 0.6) is 0 Å². The summed E-state index contributed by atoms with van der Waals surface area (Å²) in [6.45, 7) is 5.03. The molecule has 1 aromatic rings. The van der Waals surface area contributed by atoms with E-state index < -0.39 is 0 Å². The fourth-order valence-electron chi connectivity index (χ4n) is 2.72. The summed E-state index contributed by atoms with van der Waals surface area (Å²) in [5, 5.41) is 0. The van der Waals surface area contributed by atoms with Gasteiger partial charge >= 0.3 is 0 Å². The molecule has 1 fully saturated rings. The van der Waals surface area contributed by atoms with Crippen LogP contribution in [0.1, 0.15) is 49.9 Å². The number of hydrogen-bond donors (Lipinski definition) is 1. The van der Waals surface area contributed by atoms with Gasteiger partial charge in [-0.25, -0.2) is 0 Å². The van der Waals surface area contributed by atoms with Gasteiger partial charge in [0.25, 0.3) is 5.91 Å². The molecule has 0 saturated heterocycles. The van der Waals surface area contributed by atoms with Gasteiger partial charge in [0.05, 0.1) is 5.56 Å². The molecule has 0 aromatic carbocycles. The number of carbonyl (C=O) groups is 1. The van der Waals surface area contributed by atoms with E-state index in [1.807, 2.05) is 4.90 Å². The average molecular weight is 262 g/mol. The first kappa shape index (κ1) is 13.8. The van der Waals surface area contributed by atoms with E-state index in [2.05, 4.69) is 18.8 Å². The van der Waals surface area contributed by atoms with Crippen molar-refractivity contribution in [2.24, 2.45) is 5.92 Å². The number of H-pyrrole nitrogens is 1. The van der Waals surface area contributed by atoms with Crippen molar-refractivity contribution in [3.05, 3.63) is 34.2 Å². The molecule has 1 saturated carbocycles. The van der Waals surface area contributed by atoms with Crippen molar-refractivity contribution in [1.82, 2.24) is 9.88 Å². The minimum Gasteiger partial charge on any atom is -0.335 e. The Morgan fingerprint density at radius 3 is 2.58 bits per heavy atom. The highest BCUT2D eigenvalue weighted by atomic mass is 16.2. The third-order valence-electron chi connectivity index (χ3n) is 3.62. The highest BCUT2D eigenvalue weighted by molar-refractivity contribution is 5.94. The molecule has 1 amide bonds. The van der Waals surface area contributed by atoms with Crippen molar-refractivity contribution in [2.45, 2.75) is 45.6 Å². The number of nitrogens with one attached hydrogen (secondary N) is 1. The first-order valence-corrected chi connectivity index (χ1v) is 7.07. The van der Waals surface area contributed by atoms with Crippen LogP contribution in [0.15, 0.2) is 23.1 Å². The van der Waals surface area contributed by atoms with Gasteiger partial charge in [-0.1, -0.05) is 26.7 Å². The van der Waals surface area contributed by atoms with Crippen LogP contribution in [0, 0.1) is 5.92 Å². The summed E-state index contributed by atoms with van der Waals surface area (Å²) in [4.78, 5) is 28.2. The van der Waals surface area contributed by atoms with E-state index in [0.29, 0.717) is 17.5 Å². The zero-order valence-electron chi connectivity index (χ0n) is 11.7. The van der Waals surface area contributed by atoms with Crippen molar-refractivity contribution in [3.8, 4) is 0 Å². The molecule has 0 spiro atoms. The Bertz CT molecular complexity index is 467. The maximum atomic E-state index is 12.6. The zero-order chi connectivity index (χ0) is 13.8. The molecule has 1 aromatic heterocycles. The van der Waals surface area contributed by atoms with E-state index in [-0.39, 0.29) is 11.5 Å². The first-order chi connectivity index (χ1) is 9.08. The van der Waals surface area contributed by atoms with Crippen molar-refractivity contribution in [3.63, 3.8) is 0 Å². The topological polar surface area (TPSA) is 53.2 Å². The predicted molar refractivity (Wildman–Crippen MR) is 75.2 cm³/mol. The average Bonchev–Trinajstić information content (AvgIpc) is 2.89. The number of pyridine rings is 1.